The van der Waals surface area contributed by atoms with Gasteiger partial charge >= 0.3 is 0 Å². The lowest BCUT2D eigenvalue weighted by Crippen LogP contribution is -2.42. The second-order valence-corrected chi connectivity index (χ2v) is 7.43. The number of rotatable bonds is 7. The first-order valence-electron chi connectivity index (χ1n) is 7.01. The van der Waals surface area contributed by atoms with Crippen molar-refractivity contribution in [3.05, 3.63) is 41.4 Å². The topological polar surface area (TPSA) is 21.3 Å². The number of hydrogen-bond acceptors (Lipinski definition) is 2. The van der Waals surface area contributed by atoms with Crippen LogP contribution in [0.3, 0.4) is 0 Å². The van der Waals surface area contributed by atoms with Gasteiger partial charge in [0.1, 0.15) is 5.75 Å². The second-order valence-electron chi connectivity index (χ2n) is 6.51. The van der Waals surface area contributed by atoms with Crippen LogP contribution < -0.4 is 10.1 Å². The summed E-state index contributed by atoms with van der Waals surface area (Å²) in [6, 6.07) is 7.93. The zero-order valence-corrected chi connectivity index (χ0v) is 14.6. The molecule has 2 nitrogen and oxygen atoms in total. The lowest BCUT2D eigenvalue weighted by molar-refractivity contribution is 0.232. The van der Waals surface area contributed by atoms with Gasteiger partial charge in [-0.05, 0) is 51.5 Å². The van der Waals surface area contributed by atoms with Crippen LogP contribution in [0.25, 0.3) is 0 Å². The normalized spacial score (nSPS) is 14.7. The third kappa shape index (κ3) is 6.58. The zero-order chi connectivity index (χ0) is 15.2. The molecule has 0 aromatic heterocycles. The fourth-order valence-corrected chi connectivity index (χ4v) is 1.93. The van der Waals surface area contributed by atoms with Gasteiger partial charge in [0.05, 0.1) is 6.61 Å². The van der Waals surface area contributed by atoms with E-state index < -0.39 is 0 Å². The van der Waals surface area contributed by atoms with Crippen LogP contribution in [0.15, 0.2) is 41.4 Å². The van der Waals surface area contributed by atoms with Crippen LogP contribution in [0.4, 0.5) is 0 Å². The molecule has 0 amide bonds. The average molecular weight is 340 g/mol. The van der Waals surface area contributed by atoms with Crippen LogP contribution in [-0.2, 0) is 0 Å². The molecule has 0 aliphatic heterocycles. The van der Waals surface area contributed by atoms with Crippen LogP contribution in [0.2, 0.25) is 0 Å². The number of benzene rings is 1. The highest BCUT2D eigenvalue weighted by molar-refractivity contribution is 9.10. The molecule has 3 heteroatoms. The molecule has 1 aromatic rings. The number of ether oxygens (including phenoxy) is 1. The molecule has 0 spiro atoms. The van der Waals surface area contributed by atoms with Gasteiger partial charge in [-0.15, -0.1) is 6.58 Å². The molecule has 0 fully saturated rings. The van der Waals surface area contributed by atoms with Crippen LogP contribution in [0, 0.1) is 5.41 Å². The maximum absolute atomic E-state index is 5.79. The fraction of sp³-hybridized carbons (Fsp3) is 0.529. The van der Waals surface area contributed by atoms with E-state index in [1.165, 1.54) is 0 Å². The smallest absolute Gasteiger partial charge is 0.119 e. The Bertz CT molecular complexity index is 422. The Balaban J connectivity index is 2.44. The van der Waals surface area contributed by atoms with Gasteiger partial charge in [-0.25, -0.2) is 0 Å². The van der Waals surface area contributed by atoms with E-state index >= 15 is 0 Å². The largest absolute Gasteiger partial charge is 0.494 e. The number of hydrogen-bond donors (Lipinski definition) is 1. The molecule has 1 N–H and O–H groups in total. The summed E-state index contributed by atoms with van der Waals surface area (Å²) in [7, 11) is 0. The molecule has 0 saturated carbocycles. The Morgan fingerprint density at radius 2 is 1.80 bits per heavy atom. The van der Waals surface area contributed by atoms with Crippen molar-refractivity contribution in [1.82, 2.24) is 5.32 Å². The fourth-order valence-electron chi connectivity index (χ4n) is 1.66. The van der Waals surface area contributed by atoms with Crippen molar-refractivity contribution in [2.45, 2.75) is 39.7 Å². The van der Waals surface area contributed by atoms with Crippen molar-refractivity contribution >= 4 is 15.9 Å². The minimum Gasteiger partial charge on any atom is -0.494 e. The van der Waals surface area contributed by atoms with Gasteiger partial charge in [0.2, 0.25) is 0 Å². The predicted molar refractivity (Wildman–Crippen MR) is 90.3 cm³/mol. The molecular weight excluding hydrogens is 314 g/mol. The summed E-state index contributed by atoms with van der Waals surface area (Å²) >= 11 is 3.42. The standard InChI is InChI=1S/C17H26BrNO/c1-6-17(5,13-19-16(2,3)4)11-12-20-15-9-7-14(18)8-10-15/h6-10,19H,1,11-13H2,2-5H3. The van der Waals surface area contributed by atoms with E-state index in [0.29, 0.717) is 6.61 Å². The Morgan fingerprint density at radius 3 is 2.30 bits per heavy atom. The van der Waals surface area contributed by atoms with Crippen molar-refractivity contribution in [3.8, 4) is 5.75 Å². The van der Waals surface area contributed by atoms with E-state index in [1.54, 1.807) is 0 Å². The summed E-state index contributed by atoms with van der Waals surface area (Å²) in [6.45, 7) is 14.3. The average Bonchev–Trinajstić information content (AvgIpc) is 2.38. The molecule has 112 valence electrons. The van der Waals surface area contributed by atoms with E-state index in [1.807, 2.05) is 30.3 Å². The van der Waals surface area contributed by atoms with E-state index in [4.69, 9.17) is 4.74 Å². The third-order valence-electron chi connectivity index (χ3n) is 3.27. The molecule has 1 aromatic carbocycles. The van der Waals surface area contributed by atoms with Crippen LogP contribution in [0.1, 0.15) is 34.1 Å². The first-order valence-corrected chi connectivity index (χ1v) is 7.80. The summed E-state index contributed by atoms with van der Waals surface area (Å²) in [5.74, 6) is 0.906. The molecule has 20 heavy (non-hydrogen) atoms. The predicted octanol–water partition coefficient (Wildman–Crippen LogP) is 4.80. The molecule has 0 aliphatic rings. The van der Waals surface area contributed by atoms with Gasteiger partial charge in [0.25, 0.3) is 0 Å². The Hall–Kier alpha value is -0.800. The van der Waals surface area contributed by atoms with E-state index in [0.717, 1.165) is 23.2 Å². The molecular formula is C17H26BrNO. The Kier molecular flexibility index (Phi) is 6.28. The van der Waals surface area contributed by atoms with Crippen molar-refractivity contribution in [2.24, 2.45) is 5.41 Å². The Morgan fingerprint density at radius 1 is 1.20 bits per heavy atom. The second kappa shape index (κ2) is 7.28. The molecule has 1 rings (SSSR count). The van der Waals surface area contributed by atoms with Crippen molar-refractivity contribution in [1.29, 1.82) is 0 Å². The summed E-state index contributed by atoms with van der Waals surface area (Å²) in [5.41, 5.74) is 0.166. The molecule has 0 aliphatic carbocycles. The van der Waals surface area contributed by atoms with Gasteiger partial charge in [-0.3, -0.25) is 0 Å². The highest BCUT2D eigenvalue weighted by Gasteiger charge is 2.22. The van der Waals surface area contributed by atoms with Crippen LogP contribution >= 0.6 is 15.9 Å². The molecule has 0 bridgehead atoms. The van der Waals surface area contributed by atoms with Crippen molar-refractivity contribution in [2.75, 3.05) is 13.2 Å². The number of nitrogens with one attached hydrogen (secondary N) is 1. The monoisotopic (exact) mass is 339 g/mol. The van der Waals surface area contributed by atoms with Gasteiger partial charge in [0.15, 0.2) is 0 Å². The highest BCUT2D eigenvalue weighted by atomic mass is 79.9. The van der Waals surface area contributed by atoms with Gasteiger partial charge in [0, 0.05) is 22.0 Å². The lowest BCUT2D eigenvalue weighted by atomic mass is 9.86. The zero-order valence-electron chi connectivity index (χ0n) is 13.0. The molecule has 0 radical (unpaired) electrons. The lowest BCUT2D eigenvalue weighted by Gasteiger charge is -2.31. The van der Waals surface area contributed by atoms with E-state index in [9.17, 15) is 0 Å². The third-order valence-corrected chi connectivity index (χ3v) is 3.80. The summed E-state index contributed by atoms with van der Waals surface area (Å²) < 4.78 is 6.86. The molecule has 1 unspecified atom stereocenters. The van der Waals surface area contributed by atoms with Gasteiger partial charge in [-0.2, -0.15) is 0 Å². The number of halogens is 1. The summed E-state index contributed by atoms with van der Waals surface area (Å²) in [6.07, 6.45) is 2.96. The summed E-state index contributed by atoms with van der Waals surface area (Å²) in [4.78, 5) is 0. The molecule has 0 saturated heterocycles. The highest BCUT2D eigenvalue weighted by Crippen LogP contribution is 2.24. The summed E-state index contributed by atoms with van der Waals surface area (Å²) in [5, 5.41) is 3.54. The maximum atomic E-state index is 5.79. The SMILES string of the molecule is C=CC(C)(CCOc1ccc(Br)cc1)CNC(C)(C)C. The molecule has 1 atom stereocenters. The van der Waals surface area contributed by atoms with Crippen molar-refractivity contribution in [3.63, 3.8) is 0 Å². The quantitative estimate of drug-likeness (QED) is 0.720. The van der Waals surface area contributed by atoms with Crippen LogP contribution in [-0.4, -0.2) is 18.7 Å². The first kappa shape index (κ1) is 17.3. The minimum absolute atomic E-state index is 0.0443. The molecule has 0 heterocycles. The van der Waals surface area contributed by atoms with E-state index in [2.05, 4.69) is 55.5 Å². The maximum Gasteiger partial charge on any atom is 0.119 e. The first-order chi connectivity index (χ1) is 9.24. The van der Waals surface area contributed by atoms with Crippen LogP contribution in [0.5, 0.6) is 5.75 Å². The minimum atomic E-state index is 0.0443. The Labute approximate surface area is 131 Å². The van der Waals surface area contributed by atoms with Gasteiger partial charge < -0.3 is 10.1 Å². The van der Waals surface area contributed by atoms with E-state index in [-0.39, 0.29) is 11.0 Å². The van der Waals surface area contributed by atoms with Crippen molar-refractivity contribution < 1.29 is 4.74 Å². The van der Waals surface area contributed by atoms with Gasteiger partial charge in [-0.1, -0.05) is 28.9 Å².